The second-order valence-corrected chi connectivity index (χ2v) is 19.8. The highest BCUT2D eigenvalue weighted by Crippen LogP contribution is 2.24. The minimum atomic E-state index is -1.79. The fraction of sp³-hybridized carbons (Fsp3) is 0.549. The number of hydrogen-bond acceptors (Lipinski definition) is 15. The van der Waals surface area contributed by atoms with Crippen LogP contribution in [0.25, 0.3) is 0 Å². The maximum Gasteiger partial charge on any atom is 0.305 e. The molecular formula is C51H76N14O13. The largest absolute Gasteiger partial charge is 0.508 e. The number of likely N-dealkylation sites (N-methyl/N-ethyl adjacent to an activating group) is 1. The number of fused-ring (bicyclic) bond motifs is 1. The summed E-state index contributed by atoms with van der Waals surface area (Å²) in [4.78, 5) is 142. The quantitative estimate of drug-likeness (QED) is 0.0261. The summed E-state index contributed by atoms with van der Waals surface area (Å²) in [6.07, 6.45) is 0.116. The normalized spacial score (nSPS) is 24.2. The molecule has 2 aromatic carbocycles. The highest BCUT2D eigenvalue weighted by atomic mass is 16.4. The van der Waals surface area contributed by atoms with Gasteiger partial charge in [-0.05, 0) is 106 Å². The predicted octanol–water partition coefficient (Wildman–Crippen LogP) is -3.03. The van der Waals surface area contributed by atoms with Crippen LogP contribution in [0.3, 0.4) is 0 Å². The van der Waals surface area contributed by atoms with Crippen molar-refractivity contribution < 1.29 is 63.3 Å². The standard InChI is InChI=1S/C51H76N14O13/c1-28(2)23-35-45(73)57-29(3)43(71)62-38(25-31-14-18-33(67)19-15-31)49(77)65-22-8-11-40(65)50(78)64(4)39(10-5-6-20-52)48(76)61-36(24-30-12-16-32(66)17-13-30)46(74)59-34(9-7-21-55-51(53)63-54)44(72)56-27-41(68)58-37(26-42(69)70)47(75)60-35/h12-19,28-29,34-40,66-67H,5-11,20-27,52,54H2,1-4H3,(H,56,72)(H,57,73)(H,58,68)(H,59,74)(H,60,75)(H,61,76)(H,62,71)(H,69,70)(H3,53,55,63)/t29-,34+,35+,36-,37-,38+,39+,40+/m0/s1. The van der Waals surface area contributed by atoms with Crippen molar-refractivity contribution in [3.63, 3.8) is 0 Å². The van der Waals surface area contributed by atoms with Gasteiger partial charge in [0.05, 0.1) is 13.0 Å². The number of carbonyl (C=O) groups is 10. The van der Waals surface area contributed by atoms with Gasteiger partial charge in [-0.25, -0.2) is 0 Å². The van der Waals surface area contributed by atoms with Crippen molar-refractivity contribution in [2.75, 3.05) is 33.2 Å². The molecule has 2 heterocycles. The molecule has 9 amide bonds. The van der Waals surface area contributed by atoms with Crippen molar-refractivity contribution in [3.8, 4) is 11.5 Å². The Bertz CT molecular complexity index is 2460. The van der Waals surface area contributed by atoms with E-state index < -0.39 is 120 Å². The molecule has 428 valence electrons. The van der Waals surface area contributed by atoms with Crippen molar-refractivity contribution in [2.45, 2.75) is 140 Å². The number of nitrogens with two attached hydrogens (primary N) is 3. The number of guanidine groups is 1. The SMILES string of the molecule is CC(C)C[C@H]1NC(=O)[C@H](CC(=O)O)NC(=O)CNC(=O)[C@@H](CCCNC(N)=NN)NC(=O)[C@H](Cc2ccc(O)cc2)NC(=O)[C@@H](CCCCN)N(C)C(=O)[C@H]2CCCN2C(=O)[C@@H](Cc2ccc(O)cc2)NC(=O)[C@H](C)NC1=O. The molecule has 2 saturated heterocycles. The van der Waals surface area contributed by atoms with Crippen LogP contribution in [0.4, 0.5) is 0 Å². The summed E-state index contributed by atoms with van der Waals surface area (Å²) in [6.45, 7) is 4.40. The first kappa shape index (κ1) is 62.3. The molecule has 0 unspecified atom stereocenters. The van der Waals surface area contributed by atoms with Gasteiger partial charge in [-0.1, -0.05) is 38.1 Å². The van der Waals surface area contributed by atoms with Crippen LogP contribution in [-0.4, -0.2) is 172 Å². The molecule has 0 radical (unpaired) electrons. The van der Waals surface area contributed by atoms with E-state index in [9.17, 15) is 63.3 Å². The molecule has 2 aliphatic heterocycles. The highest BCUT2D eigenvalue weighted by molar-refractivity contribution is 5.99. The highest BCUT2D eigenvalue weighted by Gasteiger charge is 2.42. The summed E-state index contributed by atoms with van der Waals surface area (Å²) < 4.78 is 0. The first-order valence-corrected chi connectivity index (χ1v) is 25.9. The molecular weight excluding hydrogens is 1020 g/mol. The smallest absolute Gasteiger partial charge is 0.305 e. The molecule has 0 bridgehead atoms. The Balaban J connectivity index is 1.83. The van der Waals surface area contributed by atoms with E-state index in [2.05, 4.69) is 47.6 Å². The number of amides is 9. The Morgan fingerprint density at radius 2 is 1.27 bits per heavy atom. The van der Waals surface area contributed by atoms with Crippen LogP contribution in [0.1, 0.15) is 89.7 Å². The Morgan fingerprint density at radius 1 is 0.705 bits per heavy atom. The summed E-state index contributed by atoms with van der Waals surface area (Å²) >= 11 is 0. The van der Waals surface area contributed by atoms with Crippen molar-refractivity contribution in [3.05, 3.63) is 59.7 Å². The lowest BCUT2D eigenvalue weighted by Gasteiger charge is -2.35. The Labute approximate surface area is 452 Å². The fourth-order valence-electron chi connectivity index (χ4n) is 8.95. The van der Waals surface area contributed by atoms with Gasteiger partial charge in [0.1, 0.15) is 59.8 Å². The van der Waals surface area contributed by atoms with Gasteiger partial charge in [-0.2, -0.15) is 0 Å². The number of phenolic OH excluding ortho intramolecular Hbond substituents is 2. The molecule has 0 saturated carbocycles. The van der Waals surface area contributed by atoms with E-state index in [1.54, 1.807) is 26.0 Å². The lowest BCUT2D eigenvalue weighted by Crippen LogP contribution is -2.60. The van der Waals surface area contributed by atoms with Crippen LogP contribution < -0.4 is 59.8 Å². The maximum absolute atomic E-state index is 14.8. The topological polar surface area (TPSA) is 425 Å². The summed E-state index contributed by atoms with van der Waals surface area (Å²) in [5.41, 5.74) is 12.5. The number of hydrazone groups is 1. The maximum atomic E-state index is 14.8. The summed E-state index contributed by atoms with van der Waals surface area (Å²) in [5, 5.41) is 53.7. The molecule has 8 atom stereocenters. The molecule has 0 spiro atoms. The lowest BCUT2D eigenvalue weighted by molar-refractivity contribution is -0.148. The molecule has 2 aromatic rings. The van der Waals surface area contributed by atoms with Gasteiger partial charge in [0.25, 0.3) is 0 Å². The third kappa shape index (κ3) is 19.4. The predicted molar refractivity (Wildman–Crippen MR) is 283 cm³/mol. The molecule has 78 heavy (non-hydrogen) atoms. The molecule has 17 N–H and O–H groups in total. The molecule has 0 aromatic heterocycles. The monoisotopic (exact) mass is 1090 g/mol. The van der Waals surface area contributed by atoms with Crippen molar-refractivity contribution in [1.82, 2.24) is 52.3 Å². The van der Waals surface area contributed by atoms with E-state index in [-0.39, 0.29) is 88.0 Å². The number of hydrogen-bond donors (Lipinski definition) is 14. The molecule has 27 nitrogen and oxygen atoms in total. The van der Waals surface area contributed by atoms with Crippen LogP contribution in [0, 0.1) is 5.92 Å². The number of nitrogens with one attached hydrogen (secondary N) is 8. The first-order valence-electron chi connectivity index (χ1n) is 25.9. The van der Waals surface area contributed by atoms with Gasteiger partial charge in [0.15, 0.2) is 0 Å². The van der Waals surface area contributed by atoms with Crippen molar-refractivity contribution in [2.24, 2.45) is 28.3 Å². The number of carboxylic acids is 1. The van der Waals surface area contributed by atoms with Crippen LogP contribution in [0.2, 0.25) is 0 Å². The zero-order valence-electron chi connectivity index (χ0n) is 44.4. The lowest BCUT2D eigenvalue weighted by atomic mass is 10.0. The van der Waals surface area contributed by atoms with Crippen LogP contribution >= 0.6 is 0 Å². The van der Waals surface area contributed by atoms with Gasteiger partial charge in [0.2, 0.25) is 59.1 Å². The average molecular weight is 1090 g/mol. The zero-order chi connectivity index (χ0) is 57.6. The molecule has 0 aliphatic carbocycles. The summed E-state index contributed by atoms with van der Waals surface area (Å²) in [5.74, 6) is -4.51. The fourth-order valence-corrected chi connectivity index (χ4v) is 8.95. The second kappa shape index (κ2) is 30.5. The van der Waals surface area contributed by atoms with E-state index in [4.69, 9.17) is 17.3 Å². The van der Waals surface area contributed by atoms with Crippen LogP contribution in [-0.2, 0) is 60.8 Å². The van der Waals surface area contributed by atoms with Crippen molar-refractivity contribution >= 4 is 65.1 Å². The third-order valence-corrected chi connectivity index (χ3v) is 13.2. The zero-order valence-corrected chi connectivity index (χ0v) is 44.4. The Hall–Kier alpha value is -8.23. The van der Waals surface area contributed by atoms with Gasteiger partial charge < -0.3 is 85.0 Å². The number of carbonyl (C=O) groups excluding carboxylic acids is 9. The van der Waals surface area contributed by atoms with Gasteiger partial charge in [-0.15, -0.1) is 5.10 Å². The summed E-state index contributed by atoms with van der Waals surface area (Å²) in [6, 6.07) is 0.505. The third-order valence-electron chi connectivity index (χ3n) is 13.2. The van der Waals surface area contributed by atoms with Gasteiger partial charge >= 0.3 is 5.97 Å². The number of aromatic hydroxyl groups is 2. The number of phenols is 2. The van der Waals surface area contributed by atoms with E-state index in [1.807, 2.05) is 0 Å². The molecule has 2 aliphatic rings. The minimum absolute atomic E-state index is 0.0183. The number of benzene rings is 2. The Morgan fingerprint density at radius 3 is 1.86 bits per heavy atom. The van der Waals surface area contributed by atoms with E-state index in [1.165, 1.54) is 60.2 Å². The number of aliphatic carboxylic acids is 1. The summed E-state index contributed by atoms with van der Waals surface area (Å²) in [7, 11) is 1.40. The van der Waals surface area contributed by atoms with Crippen molar-refractivity contribution in [1.29, 1.82) is 0 Å². The number of unbranched alkanes of at least 4 members (excludes halogenated alkanes) is 1. The van der Waals surface area contributed by atoms with Crippen LogP contribution in [0.15, 0.2) is 53.6 Å². The van der Waals surface area contributed by atoms with E-state index >= 15 is 0 Å². The number of carboxylic acid groups (broad SMARTS) is 1. The van der Waals surface area contributed by atoms with Crippen LogP contribution in [0.5, 0.6) is 11.5 Å². The molecule has 4 rings (SSSR count). The van der Waals surface area contributed by atoms with E-state index in [0.29, 0.717) is 30.4 Å². The number of nitrogens with zero attached hydrogens (tertiary/aromatic N) is 3. The number of rotatable bonds is 16. The van der Waals surface area contributed by atoms with E-state index in [0.717, 1.165) is 0 Å². The minimum Gasteiger partial charge on any atom is -0.508 e. The van der Waals surface area contributed by atoms with Gasteiger partial charge in [0, 0.05) is 33.0 Å². The average Bonchev–Trinajstić information content (AvgIpc) is 3.91. The molecule has 2 fully saturated rings. The first-order chi connectivity index (χ1) is 37.0. The molecule has 27 heteroatoms. The second-order valence-electron chi connectivity index (χ2n) is 19.8. The Kier molecular flexibility index (Phi) is 24.4. The van der Waals surface area contributed by atoms with Gasteiger partial charge in [-0.3, -0.25) is 47.9 Å².